The summed E-state index contributed by atoms with van der Waals surface area (Å²) < 4.78 is 0. The third-order valence-electron chi connectivity index (χ3n) is 9.74. The number of Topliss-reactive ketones (excluding diaryl/α,β-unsaturated/α-hetero) is 1. The van der Waals surface area contributed by atoms with Crippen LogP contribution in [-0.2, 0) is 40.0 Å². The highest BCUT2D eigenvalue weighted by Crippen LogP contribution is 2.24. The lowest BCUT2D eigenvalue weighted by Gasteiger charge is -2.37. The van der Waals surface area contributed by atoms with Gasteiger partial charge in [-0.2, -0.15) is 0 Å². The fourth-order valence-electron chi connectivity index (χ4n) is 7.05. The molecule has 0 aromatic heterocycles. The molecule has 2 aliphatic heterocycles. The number of amides is 5. The van der Waals surface area contributed by atoms with E-state index in [1.165, 1.54) is 6.92 Å². The minimum Gasteiger partial charge on any atom is -0.481 e. The van der Waals surface area contributed by atoms with Gasteiger partial charge in [0.2, 0.25) is 29.5 Å². The number of carbonyl (C=O) groups excluding carboxylic acids is 6. The van der Waals surface area contributed by atoms with Crippen LogP contribution in [0.15, 0.2) is 24.3 Å². The van der Waals surface area contributed by atoms with Crippen molar-refractivity contribution >= 4 is 41.3 Å². The number of aliphatic hydroxyl groups excluding tert-OH is 1. The molecule has 2 fully saturated rings. The van der Waals surface area contributed by atoms with E-state index in [1.54, 1.807) is 11.8 Å². The van der Waals surface area contributed by atoms with Gasteiger partial charge < -0.3 is 36.8 Å². The van der Waals surface area contributed by atoms with E-state index in [4.69, 9.17) is 0 Å². The van der Waals surface area contributed by atoms with Gasteiger partial charge in [-0.3, -0.25) is 38.5 Å². The normalized spacial score (nSPS) is 27.7. The van der Waals surface area contributed by atoms with E-state index in [2.05, 4.69) is 26.6 Å². The van der Waals surface area contributed by atoms with E-state index in [0.717, 1.165) is 11.1 Å². The molecule has 0 spiro atoms. The largest absolute Gasteiger partial charge is 0.481 e. The molecule has 1 aromatic rings. The number of fused-ring (bicyclic) bond motifs is 1. The van der Waals surface area contributed by atoms with E-state index >= 15 is 0 Å². The van der Waals surface area contributed by atoms with Gasteiger partial charge in [-0.1, -0.05) is 43.7 Å². The molecule has 2 heterocycles. The molecule has 0 radical (unpaired) electrons. The first-order valence-corrected chi connectivity index (χ1v) is 18.9. The zero-order chi connectivity index (χ0) is 40.5. The molecule has 0 saturated carbocycles. The van der Waals surface area contributed by atoms with Crippen LogP contribution in [0, 0.1) is 18.8 Å². The van der Waals surface area contributed by atoms with Gasteiger partial charge >= 0.3 is 5.97 Å². The Kier molecular flexibility index (Phi) is 15.7. The van der Waals surface area contributed by atoms with E-state index < -0.39 is 114 Å². The molecule has 1 aromatic carbocycles. The Balaban J connectivity index is 2.14. The molecule has 2 saturated heterocycles. The number of carboxylic acids is 1. The molecule has 54 heavy (non-hydrogen) atoms. The number of carbonyl (C=O) groups is 7. The van der Waals surface area contributed by atoms with Crippen LogP contribution in [0.4, 0.5) is 0 Å². The molecule has 2 aliphatic rings. The van der Waals surface area contributed by atoms with Crippen LogP contribution in [0.5, 0.6) is 0 Å². The summed E-state index contributed by atoms with van der Waals surface area (Å²) in [4.78, 5) is 96.8. The molecular weight excluding hydrogens is 696 g/mol. The van der Waals surface area contributed by atoms with Crippen LogP contribution in [-0.4, -0.2) is 111 Å². The van der Waals surface area contributed by atoms with Gasteiger partial charge in [0, 0.05) is 24.8 Å². The lowest BCUT2D eigenvalue weighted by Crippen LogP contribution is -2.63. The minimum absolute atomic E-state index is 0.0817. The molecule has 5 amide bonds. The van der Waals surface area contributed by atoms with Crippen molar-refractivity contribution in [3.05, 3.63) is 35.4 Å². The molecule has 15 nitrogen and oxygen atoms in total. The van der Waals surface area contributed by atoms with Crippen molar-refractivity contribution in [2.24, 2.45) is 11.8 Å². The molecule has 3 rings (SSSR count). The number of aryl methyl sites for hydroxylation is 1. The van der Waals surface area contributed by atoms with E-state index in [0.29, 0.717) is 19.4 Å². The summed E-state index contributed by atoms with van der Waals surface area (Å²) in [5, 5.41) is 34.3. The second kappa shape index (κ2) is 19.3. The van der Waals surface area contributed by atoms with E-state index in [1.807, 2.05) is 65.8 Å². The lowest BCUT2D eigenvalue weighted by atomic mass is 9.90. The summed E-state index contributed by atoms with van der Waals surface area (Å²) in [6, 6.07) is 1.29. The average molecular weight is 757 g/mol. The molecule has 0 unspecified atom stereocenters. The quantitative estimate of drug-likeness (QED) is 0.200. The number of hydrogen-bond acceptors (Lipinski definition) is 9. The third kappa shape index (κ3) is 13.2. The number of nitrogens with zero attached hydrogens (tertiary/aromatic N) is 1. The smallest absolute Gasteiger partial charge is 0.304 e. The maximum Gasteiger partial charge on any atom is 0.304 e. The van der Waals surface area contributed by atoms with Gasteiger partial charge in [0.25, 0.3) is 0 Å². The summed E-state index contributed by atoms with van der Waals surface area (Å²) in [6.07, 6.45) is -1.75. The zero-order valence-electron chi connectivity index (χ0n) is 32.9. The highest BCUT2D eigenvalue weighted by atomic mass is 16.4. The number of benzene rings is 1. The molecule has 300 valence electrons. The second-order valence-corrected chi connectivity index (χ2v) is 16.4. The Hall–Kier alpha value is -4.37. The van der Waals surface area contributed by atoms with Crippen LogP contribution in [0.1, 0.15) is 98.1 Å². The van der Waals surface area contributed by atoms with Crippen molar-refractivity contribution in [2.75, 3.05) is 6.54 Å². The summed E-state index contributed by atoms with van der Waals surface area (Å²) in [5.74, 6) is -6.43. The summed E-state index contributed by atoms with van der Waals surface area (Å²) >= 11 is 0. The standard InChI is InChI=1S/C39H60N6O9/c1-21(2)16-28-31(47)18-26(19-33(49)50)35(51)41-27(24(5)46)20-32(48)40-23(4)34(38(54)44-39(6,7)8)45-15-9-10-30(45)37(53)43-29(36(52)42-28)17-25-13-11-22(3)12-14-25/h11-14,21,23-24,26-30,34,46H,9-10,15-20H2,1-8H3,(H,40,48)(H,41,51)(H,42,52)(H,43,53)(H,44,54)(H,49,50)/t23-,24+,26-,27+,28-,29-,30-,34-/m0/s1. The predicted molar refractivity (Wildman–Crippen MR) is 201 cm³/mol. The maximum atomic E-state index is 14.2. The monoisotopic (exact) mass is 756 g/mol. The molecule has 8 atom stereocenters. The summed E-state index contributed by atoms with van der Waals surface area (Å²) in [6.45, 7) is 14.4. The van der Waals surface area contributed by atoms with Crippen LogP contribution in [0.3, 0.4) is 0 Å². The fourth-order valence-corrected chi connectivity index (χ4v) is 7.05. The SMILES string of the molecule is Cc1ccc(C[C@@H]2NC(=O)[C@@H]3CCCN3[C@H](C(=O)NC(C)(C)C)[C@H](C)NC(=O)C[C@H]([C@@H](C)O)NC(=O)[C@H](CC(=O)O)CC(=O)[C@H](CC(C)C)NC2=O)cc1. The van der Waals surface area contributed by atoms with Crippen molar-refractivity contribution in [3.8, 4) is 0 Å². The van der Waals surface area contributed by atoms with Gasteiger partial charge in [0.05, 0.1) is 42.6 Å². The van der Waals surface area contributed by atoms with Crippen LogP contribution >= 0.6 is 0 Å². The van der Waals surface area contributed by atoms with Crippen molar-refractivity contribution in [2.45, 2.75) is 148 Å². The number of hydrogen-bond donors (Lipinski definition) is 7. The Bertz CT molecular complexity index is 1520. The molecule has 0 aliphatic carbocycles. The Morgan fingerprint density at radius 1 is 0.907 bits per heavy atom. The first-order chi connectivity index (χ1) is 25.1. The zero-order valence-corrected chi connectivity index (χ0v) is 32.9. The molecule has 7 N–H and O–H groups in total. The number of ketones is 1. The molecule has 15 heteroatoms. The average Bonchev–Trinajstić information content (AvgIpc) is 3.52. The van der Waals surface area contributed by atoms with Crippen molar-refractivity contribution in [3.63, 3.8) is 0 Å². The van der Waals surface area contributed by atoms with Crippen molar-refractivity contribution in [1.82, 2.24) is 31.5 Å². The first kappa shape index (κ1) is 44.0. The number of nitrogens with one attached hydrogen (secondary N) is 5. The maximum absolute atomic E-state index is 14.2. The first-order valence-electron chi connectivity index (χ1n) is 18.9. The second-order valence-electron chi connectivity index (χ2n) is 16.4. The van der Waals surface area contributed by atoms with Gasteiger partial charge in [-0.15, -0.1) is 0 Å². The molecular formula is C39H60N6O9. The topological polar surface area (TPSA) is 223 Å². The van der Waals surface area contributed by atoms with Gasteiger partial charge in [0.1, 0.15) is 12.1 Å². The van der Waals surface area contributed by atoms with Crippen LogP contribution in [0.2, 0.25) is 0 Å². The Morgan fingerprint density at radius 2 is 1.54 bits per heavy atom. The van der Waals surface area contributed by atoms with E-state index in [9.17, 15) is 43.8 Å². The number of carboxylic acid groups (broad SMARTS) is 1. The highest BCUT2D eigenvalue weighted by molar-refractivity contribution is 5.96. The summed E-state index contributed by atoms with van der Waals surface area (Å²) in [7, 11) is 0. The van der Waals surface area contributed by atoms with Gasteiger partial charge in [-0.05, 0) is 78.8 Å². The Morgan fingerprint density at radius 3 is 2.11 bits per heavy atom. The van der Waals surface area contributed by atoms with Crippen molar-refractivity contribution in [1.29, 1.82) is 0 Å². The Labute approximate surface area is 318 Å². The summed E-state index contributed by atoms with van der Waals surface area (Å²) in [5.41, 5.74) is 1.09. The van der Waals surface area contributed by atoms with Crippen LogP contribution in [0.25, 0.3) is 0 Å². The molecule has 0 bridgehead atoms. The van der Waals surface area contributed by atoms with Crippen molar-refractivity contribution < 1.29 is 43.8 Å². The highest BCUT2D eigenvalue weighted by Gasteiger charge is 2.44. The fraction of sp³-hybridized carbons (Fsp3) is 0.667. The third-order valence-corrected chi connectivity index (χ3v) is 9.74. The van der Waals surface area contributed by atoms with Crippen LogP contribution < -0.4 is 26.6 Å². The minimum atomic E-state index is -1.38. The number of rotatable bonds is 8. The number of aliphatic carboxylic acids is 1. The van der Waals surface area contributed by atoms with Gasteiger partial charge in [-0.25, -0.2) is 0 Å². The number of aliphatic hydroxyl groups is 1. The van der Waals surface area contributed by atoms with Gasteiger partial charge in [0.15, 0.2) is 5.78 Å². The lowest BCUT2D eigenvalue weighted by molar-refractivity contribution is -0.143. The van der Waals surface area contributed by atoms with E-state index in [-0.39, 0.29) is 18.8 Å². The predicted octanol–water partition coefficient (Wildman–Crippen LogP) is 1.13.